The molecule has 3 rings (SSSR count). The summed E-state index contributed by atoms with van der Waals surface area (Å²) >= 11 is 0. The number of methoxy groups -OCH3 is 1. The second-order valence-corrected chi connectivity index (χ2v) is 6.16. The van der Waals surface area contributed by atoms with Crippen LogP contribution in [0.4, 0.5) is 0 Å². The van der Waals surface area contributed by atoms with Gasteiger partial charge in [-0.3, -0.25) is 14.4 Å². The maximum absolute atomic E-state index is 12.6. The van der Waals surface area contributed by atoms with Crippen molar-refractivity contribution >= 4 is 11.9 Å². The molecule has 0 spiro atoms. The summed E-state index contributed by atoms with van der Waals surface area (Å²) < 4.78 is 10.4. The molecule has 1 aromatic carbocycles. The highest BCUT2D eigenvalue weighted by atomic mass is 16.7. The lowest BCUT2D eigenvalue weighted by atomic mass is 9.91. The Bertz CT molecular complexity index is 602. The number of fused-ring (bicyclic) bond motifs is 3. The molecule has 0 aromatic heterocycles. The van der Waals surface area contributed by atoms with Crippen LogP contribution in [0, 0.1) is 11.8 Å². The number of hydrogen-bond donors (Lipinski definition) is 0. The summed E-state index contributed by atoms with van der Waals surface area (Å²) in [7, 11) is 1.35. The zero-order valence-electron chi connectivity index (χ0n) is 13.4. The van der Waals surface area contributed by atoms with Crippen molar-refractivity contribution in [1.29, 1.82) is 0 Å². The molecule has 0 saturated carbocycles. The molecule has 1 amide bonds. The number of ether oxygens (including phenoxy) is 2. The van der Waals surface area contributed by atoms with Gasteiger partial charge in [0.15, 0.2) is 0 Å². The molecule has 0 radical (unpaired) electrons. The van der Waals surface area contributed by atoms with E-state index in [1.165, 1.54) is 12.2 Å². The first-order chi connectivity index (χ1) is 11.1. The first-order valence-electron chi connectivity index (χ1n) is 7.83. The summed E-state index contributed by atoms with van der Waals surface area (Å²) in [5, 5.41) is 1.47. The number of rotatable bonds is 4. The fraction of sp³-hybridized carbons (Fsp3) is 0.529. The summed E-state index contributed by atoms with van der Waals surface area (Å²) in [4.78, 5) is 29.6. The van der Waals surface area contributed by atoms with Crippen molar-refractivity contribution < 1.29 is 23.9 Å². The topological polar surface area (TPSA) is 65.1 Å². The Morgan fingerprint density at radius 2 is 2.09 bits per heavy atom. The number of hydrogen-bond acceptors (Lipinski definition) is 5. The second kappa shape index (κ2) is 6.58. The van der Waals surface area contributed by atoms with E-state index in [0.717, 1.165) is 11.3 Å². The van der Waals surface area contributed by atoms with Crippen molar-refractivity contribution in [3.05, 3.63) is 29.8 Å². The van der Waals surface area contributed by atoms with Crippen molar-refractivity contribution in [3.8, 4) is 5.75 Å². The quantitative estimate of drug-likeness (QED) is 0.795. The number of carbonyl (C=O) groups excluding carboxylic acids is 2. The van der Waals surface area contributed by atoms with Crippen LogP contribution in [0.15, 0.2) is 24.3 Å². The van der Waals surface area contributed by atoms with E-state index in [0.29, 0.717) is 13.2 Å². The van der Waals surface area contributed by atoms with Crippen LogP contribution in [0.3, 0.4) is 0 Å². The minimum absolute atomic E-state index is 0.0901. The molecule has 0 bridgehead atoms. The molecule has 23 heavy (non-hydrogen) atoms. The van der Waals surface area contributed by atoms with E-state index in [2.05, 4.69) is 4.74 Å². The predicted molar refractivity (Wildman–Crippen MR) is 81.4 cm³/mol. The lowest BCUT2D eigenvalue weighted by molar-refractivity contribution is -0.178. The number of esters is 1. The highest BCUT2D eigenvalue weighted by Gasteiger charge is 2.44. The van der Waals surface area contributed by atoms with Crippen LogP contribution in [-0.4, -0.2) is 37.3 Å². The Labute approximate surface area is 135 Å². The third-order valence-electron chi connectivity index (χ3n) is 4.33. The van der Waals surface area contributed by atoms with Gasteiger partial charge in [0.25, 0.3) is 0 Å². The maximum atomic E-state index is 12.6. The Morgan fingerprint density at radius 3 is 2.87 bits per heavy atom. The molecule has 6 nitrogen and oxygen atoms in total. The van der Waals surface area contributed by atoms with E-state index in [9.17, 15) is 9.59 Å². The highest BCUT2D eigenvalue weighted by molar-refractivity contribution is 5.77. The van der Waals surface area contributed by atoms with Gasteiger partial charge in [-0.15, -0.1) is 0 Å². The number of amides is 1. The van der Waals surface area contributed by atoms with Crippen LogP contribution in [0.5, 0.6) is 5.75 Å². The smallest absolute Gasteiger partial charge is 0.305 e. The molecular formula is C17H21NO5. The first kappa shape index (κ1) is 15.8. The molecule has 1 aromatic rings. The Morgan fingerprint density at radius 1 is 1.30 bits per heavy atom. The van der Waals surface area contributed by atoms with Gasteiger partial charge >= 0.3 is 5.97 Å². The van der Waals surface area contributed by atoms with Crippen molar-refractivity contribution in [2.75, 3.05) is 20.3 Å². The normalized spacial score (nSPS) is 23.5. The largest absolute Gasteiger partial charge is 0.493 e. The van der Waals surface area contributed by atoms with Gasteiger partial charge in [0.1, 0.15) is 5.75 Å². The second-order valence-electron chi connectivity index (χ2n) is 6.16. The van der Waals surface area contributed by atoms with Gasteiger partial charge < -0.3 is 9.47 Å². The lowest BCUT2D eigenvalue weighted by Gasteiger charge is -2.31. The molecule has 2 aliphatic heterocycles. The average molecular weight is 319 g/mol. The van der Waals surface area contributed by atoms with Crippen molar-refractivity contribution in [2.45, 2.75) is 25.8 Å². The van der Waals surface area contributed by atoms with E-state index < -0.39 is 0 Å². The van der Waals surface area contributed by atoms with Crippen LogP contribution >= 0.6 is 0 Å². The lowest BCUT2D eigenvalue weighted by Crippen LogP contribution is -2.35. The third-order valence-corrected chi connectivity index (χ3v) is 4.33. The highest BCUT2D eigenvalue weighted by Crippen LogP contribution is 2.43. The molecule has 1 saturated heterocycles. The minimum Gasteiger partial charge on any atom is -0.493 e. The first-order valence-corrected chi connectivity index (χ1v) is 7.83. The zero-order chi connectivity index (χ0) is 16.4. The molecule has 6 heteroatoms. The standard InChI is InChI=1S/C17H21NO5/c1-11(8-16(20)21-2)7-15(19)18-17-12(10-23-18)9-22-14-6-4-3-5-13(14)17/h3-6,11-12,17H,7-10H2,1-2H3/t11-,12-,17+/m1/s1. The van der Waals surface area contributed by atoms with Gasteiger partial charge in [-0.2, -0.15) is 0 Å². The van der Waals surface area contributed by atoms with Crippen LogP contribution in [0.1, 0.15) is 31.4 Å². The zero-order valence-corrected chi connectivity index (χ0v) is 13.4. The summed E-state index contributed by atoms with van der Waals surface area (Å²) in [6.45, 7) is 2.87. The molecule has 0 N–H and O–H groups in total. The van der Waals surface area contributed by atoms with Crippen LogP contribution in [0.25, 0.3) is 0 Å². The summed E-state index contributed by atoms with van der Waals surface area (Å²) in [6.07, 6.45) is 0.477. The number of carbonyl (C=O) groups is 2. The molecule has 0 unspecified atom stereocenters. The molecule has 124 valence electrons. The molecule has 2 heterocycles. The predicted octanol–water partition coefficient (Wildman–Crippen LogP) is 2.10. The SMILES string of the molecule is COC(=O)C[C@H](C)CC(=O)N1OC[C@H]2COc3ccccc3[C@H]21. The molecule has 3 atom stereocenters. The van der Waals surface area contributed by atoms with Crippen molar-refractivity contribution in [3.63, 3.8) is 0 Å². The van der Waals surface area contributed by atoms with E-state index >= 15 is 0 Å². The monoisotopic (exact) mass is 319 g/mol. The molecule has 1 fully saturated rings. The van der Waals surface area contributed by atoms with Crippen molar-refractivity contribution in [1.82, 2.24) is 5.06 Å². The molecular weight excluding hydrogens is 298 g/mol. The summed E-state index contributed by atoms with van der Waals surface area (Å²) in [6, 6.07) is 7.62. The Hall–Kier alpha value is -2.08. The Balaban J connectivity index is 1.71. The van der Waals surface area contributed by atoms with E-state index in [4.69, 9.17) is 9.57 Å². The number of para-hydroxylation sites is 1. The van der Waals surface area contributed by atoms with E-state index in [1.807, 2.05) is 31.2 Å². The number of hydroxylamine groups is 2. The van der Waals surface area contributed by atoms with Gasteiger partial charge in [-0.25, -0.2) is 5.06 Å². The van der Waals surface area contributed by atoms with Gasteiger partial charge in [-0.05, 0) is 12.0 Å². The van der Waals surface area contributed by atoms with Gasteiger partial charge in [0, 0.05) is 24.3 Å². The fourth-order valence-electron chi connectivity index (χ4n) is 3.17. The number of nitrogens with zero attached hydrogens (tertiary/aromatic N) is 1. The van der Waals surface area contributed by atoms with Gasteiger partial charge in [0.2, 0.25) is 5.91 Å². The number of benzene rings is 1. The minimum atomic E-state index is -0.304. The van der Waals surface area contributed by atoms with Crippen LogP contribution < -0.4 is 4.74 Å². The molecule has 0 aliphatic carbocycles. The Kier molecular flexibility index (Phi) is 4.52. The van der Waals surface area contributed by atoms with E-state index in [1.54, 1.807) is 0 Å². The third kappa shape index (κ3) is 3.17. The van der Waals surface area contributed by atoms with Gasteiger partial charge in [-0.1, -0.05) is 25.1 Å². The van der Waals surface area contributed by atoms with Crippen LogP contribution in [-0.2, 0) is 19.2 Å². The summed E-state index contributed by atoms with van der Waals surface area (Å²) in [5.74, 6) is 0.449. The maximum Gasteiger partial charge on any atom is 0.305 e. The van der Waals surface area contributed by atoms with Crippen molar-refractivity contribution in [2.24, 2.45) is 11.8 Å². The summed E-state index contributed by atoms with van der Waals surface area (Å²) in [5.41, 5.74) is 0.982. The fourth-order valence-corrected chi connectivity index (χ4v) is 3.17. The molecule has 2 aliphatic rings. The van der Waals surface area contributed by atoms with Crippen LogP contribution in [0.2, 0.25) is 0 Å². The average Bonchev–Trinajstić information content (AvgIpc) is 2.99. The van der Waals surface area contributed by atoms with Gasteiger partial charge in [0.05, 0.1) is 26.4 Å². The van der Waals surface area contributed by atoms with E-state index in [-0.39, 0.29) is 42.6 Å².